The first-order valence-electron chi connectivity index (χ1n) is 6.89. The van der Waals surface area contributed by atoms with Crippen molar-refractivity contribution in [1.29, 1.82) is 0 Å². The van der Waals surface area contributed by atoms with Crippen LogP contribution in [0.3, 0.4) is 0 Å². The third-order valence-corrected chi connectivity index (χ3v) is 5.48. The van der Waals surface area contributed by atoms with E-state index in [2.05, 4.69) is 37.3 Å². The molecule has 4 heteroatoms. The normalized spacial score (nSPS) is 11.1. The third-order valence-electron chi connectivity index (χ3n) is 3.53. The highest BCUT2D eigenvalue weighted by atomic mass is 32.1. The Hall–Kier alpha value is -2.17. The molecular weight excluding hydrogens is 312 g/mol. The minimum Gasteiger partial charge on any atom is -0.422 e. The highest BCUT2D eigenvalue weighted by molar-refractivity contribution is 7.15. The van der Waals surface area contributed by atoms with Gasteiger partial charge in [-0.05, 0) is 54.3 Å². The number of benzene rings is 1. The maximum atomic E-state index is 11.6. The maximum Gasteiger partial charge on any atom is 0.336 e. The Morgan fingerprint density at radius 2 is 1.91 bits per heavy atom. The van der Waals surface area contributed by atoms with Crippen LogP contribution in [-0.4, -0.2) is 0 Å². The molecule has 0 unspecified atom stereocenters. The van der Waals surface area contributed by atoms with Gasteiger partial charge in [0.25, 0.3) is 0 Å². The van der Waals surface area contributed by atoms with Crippen LogP contribution in [0.4, 0.5) is 0 Å². The first kappa shape index (κ1) is 13.5. The molecule has 2 nitrogen and oxygen atoms in total. The van der Waals surface area contributed by atoms with E-state index in [0.29, 0.717) is 5.58 Å². The van der Waals surface area contributed by atoms with Gasteiger partial charge in [-0.2, -0.15) is 0 Å². The molecule has 0 spiro atoms. The van der Waals surface area contributed by atoms with E-state index in [1.165, 1.54) is 15.8 Å². The van der Waals surface area contributed by atoms with Gasteiger partial charge in [0, 0.05) is 31.6 Å². The lowest BCUT2D eigenvalue weighted by Crippen LogP contribution is -1.95. The number of rotatable bonds is 2. The van der Waals surface area contributed by atoms with E-state index in [0.717, 1.165) is 21.4 Å². The van der Waals surface area contributed by atoms with Gasteiger partial charge >= 0.3 is 5.63 Å². The van der Waals surface area contributed by atoms with E-state index in [-0.39, 0.29) is 5.63 Å². The molecule has 0 saturated heterocycles. The van der Waals surface area contributed by atoms with E-state index >= 15 is 0 Å². The van der Waals surface area contributed by atoms with Crippen molar-refractivity contribution < 1.29 is 4.42 Å². The quantitative estimate of drug-likeness (QED) is 0.452. The SMILES string of the molecule is Cc1ccc(-c2cc(-c3cccs3)c3oc(=O)ccc3c2)s1. The number of fused-ring (bicyclic) bond motifs is 1. The predicted molar refractivity (Wildman–Crippen MR) is 93.8 cm³/mol. The fraction of sp³-hybridized carbons (Fsp3) is 0.0556. The fourth-order valence-corrected chi connectivity index (χ4v) is 4.12. The molecule has 3 heterocycles. The summed E-state index contributed by atoms with van der Waals surface area (Å²) in [5, 5.41) is 2.98. The van der Waals surface area contributed by atoms with E-state index in [9.17, 15) is 4.79 Å². The van der Waals surface area contributed by atoms with Crippen LogP contribution in [-0.2, 0) is 0 Å². The van der Waals surface area contributed by atoms with Crippen LogP contribution in [0, 0.1) is 6.92 Å². The average molecular weight is 324 g/mol. The van der Waals surface area contributed by atoms with Gasteiger partial charge in [0.2, 0.25) is 0 Å². The number of hydrogen-bond donors (Lipinski definition) is 0. The maximum absolute atomic E-state index is 11.6. The Morgan fingerprint density at radius 1 is 1.00 bits per heavy atom. The van der Waals surface area contributed by atoms with Gasteiger partial charge in [0.05, 0.1) is 0 Å². The zero-order valence-electron chi connectivity index (χ0n) is 11.8. The van der Waals surface area contributed by atoms with Crippen molar-refractivity contribution in [2.45, 2.75) is 6.92 Å². The first-order chi connectivity index (χ1) is 10.7. The lowest BCUT2D eigenvalue weighted by Gasteiger charge is -2.07. The molecule has 108 valence electrons. The van der Waals surface area contributed by atoms with Crippen LogP contribution in [0.1, 0.15) is 4.88 Å². The summed E-state index contributed by atoms with van der Waals surface area (Å²) in [5.74, 6) is 0. The van der Waals surface area contributed by atoms with Crippen LogP contribution in [0.2, 0.25) is 0 Å². The van der Waals surface area contributed by atoms with Crippen LogP contribution < -0.4 is 5.63 Å². The minimum atomic E-state index is -0.315. The molecule has 0 saturated carbocycles. The van der Waals surface area contributed by atoms with Gasteiger partial charge in [-0.15, -0.1) is 22.7 Å². The molecule has 0 atom stereocenters. The number of aryl methyl sites for hydroxylation is 1. The molecule has 22 heavy (non-hydrogen) atoms. The highest BCUT2D eigenvalue weighted by Gasteiger charge is 2.12. The molecule has 0 bridgehead atoms. The van der Waals surface area contributed by atoms with Gasteiger partial charge in [0.1, 0.15) is 5.58 Å². The Kier molecular flexibility index (Phi) is 3.21. The van der Waals surface area contributed by atoms with E-state index in [4.69, 9.17) is 4.42 Å². The molecule has 0 N–H and O–H groups in total. The summed E-state index contributed by atoms with van der Waals surface area (Å²) in [4.78, 5) is 15.2. The van der Waals surface area contributed by atoms with Crippen LogP contribution in [0.5, 0.6) is 0 Å². The van der Waals surface area contributed by atoms with Gasteiger partial charge in [-0.1, -0.05) is 6.07 Å². The molecule has 0 radical (unpaired) electrons. The Morgan fingerprint density at radius 3 is 2.64 bits per heavy atom. The van der Waals surface area contributed by atoms with Crippen molar-refractivity contribution in [3.8, 4) is 20.9 Å². The average Bonchev–Trinajstić information content (AvgIpc) is 3.17. The largest absolute Gasteiger partial charge is 0.422 e. The Labute approximate surface area is 135 Å². The molecule has 0 amide bonds. The molecule has 1 aromatic carbocycles. The molecular formula is C18H12O2S2. The predicted octanol–water partition coefficient (Wildman–Crippen LogP) is 5.56. The zero-order chi connectivity index (χ0) is 15.1. The zero-order valence-corrected chi connectivity index (χ0v) is 13.5. The summed E-state index contributed by atoms with van der Waals surface area (Å²) in [7, 11) is 0. The van der Waals surface area contributed by atoms with Gasteiger partial charge < -0.3 is 4.42 Å². The summed E-state index contributed by atoms with van der Waals surface area (Å²) < 4.78 is 5.47. The van der Waals surface area contributed by atoms with E-state index in [1.807, 2.05) is 17.5 Å². The molecule has 0 aliphatic carbocycles. The third kappa shape index (κ3) is 2.30. The fourth-order valence-electron chi connectivity index (χ4n) is 2.53. The van der Waals surface area contributed by atoms with Gasteiger partial charge in [-0.25, -0.2) is 4.79 Å². The Balaban J connectivity index is 2.05. The second-order valence-corrected chi connectivity index (χ2v) is 7.32. The molecule has 0 fully saturated rings. The summed E-state index contributed by atoms with van der Waals surface area (Å²) >= 11 is 3.42. The van der Waals surface area contributed by atoms with Crippen molar-refractivity contribution in [3.63, 3.8) is 0 Å². The summed E-state index contributed by atoms with van der Waals surface area (Å²) in [6.07, 6.45) is 0. The van der Waals surface area contributed by atoms with Gasteiger partial charge in [-0.3, -0.25) is 0 Å². The number of hydrogen-bond acceptors (Lipinski definition) is 4. The monoisotopic (exact) mass is 324 g/mol. The van der Waals surface area contributed by atoms with Crippen molar-refractivity contribution in [3.05, 3.63) is 69.2 Å². The summed E-state index contributed by atoms with van der Waals surface area (Å²) in [6.45, 7) is 2.11. The van der Waals surface area contributed by atoms with Crippen molar-refractivity contribution in [1.82, 2.24) is 0 Å². The van der Waals surface area contributed by atoms with Crippen LogP contribution >= 0.6 is 22.7 Å². The standard InChI is InChI=1S/C18H12O2S2/c1-11-4-6-15(22-11)13-9-12-5-7-17(19)20-18(12)14(10-13)16-3-2-8-21-16/h2-10H,1H3. The Bertz CT molecular complexity index is 1010. The molecule has 3 aromatic heterocycles. The van der Waals surface area contributed by atoms with Crippen molar-refractivity contribution >= 4 is 33.6 Å². The van der Waals surface area contributed by atoms with E-state index < -0.39 is 0 Å². The van der Waals surface area contributed by atoms with E-state index in [1.54, 1.807) is 22.7 Å². The lowest BCUT2D eigenvalue weighted by atomic mass is 10.0. The highest BCUT2D eigenvalue weighted by Crippen LogP contribution is 2.37. The van der Waals surface area contributed by atoms with Crippen molar-refractivity contribution in [2.75, 3.05) is 0 Å². The second-order valence-electron chi connectivity index (χ2n) is 5.08. The first-order valence-corrected chi connectivity index (χ1v) is 8.59. The summed E-state index contributed by atoms with van der Waals surface area (Å²) in [6, 6.07) is 15.8. The minimum absolute atomic E-state index is 0.315. The summed E-state index contributed by atoms with van der Waals surface area (Å²) in [5.41, 5.74) is 2.48. The second kappa shape index (κ2) is 5.23. The smallest absolute Gasteiger partial charge is 0.336 e. The molecule has 4 rings (SSSR count). The van der Waals surface area contributed by atoms with Gasteiger partial charge in [0.15, 0.2) is 0 Å². The van der Waals surface area contributed by atoms with Crippen molar-refractivity contribution in [2.24, 2.45) is 0 Å². The molecule has 4 aromatic rings. The van der Waals surface area contributed by atoms with Crippen LogP contribution in [0.15, 0.2) is 63.1 Å². The topological polar surface area (TPSA) is 30.2 Å². The molecule has 0 aliphatic heterocycles. The number of thiophene rings is 2. The molecule has 0 aliphatic rings. The lowest BCUT2D eigenvalue weighted by molar-refractivity contribution is 0.562. The van der Waals surface area contributed by atoms with Crippen LogP contribution in [0.25, 0.3) is 31.9 Å².